The zero-order valence-corrected chi connectivity index (χ0v) is 17.1. The maximum Gasteiger partial charge on any atom is 0.407 e. The lowest BCUT2D eigenvalue weighted by molar-refractivity contribution is -0.161. The molecule has 0 unspecified atom stereocenters. The van der Waals surface area contributed by atoms with Gasteiger partial charge in [-0.3, -0.25) is 10.1 Å². The molecule has 0 aliphatic heterocycles. The van der Waals surface area contributed by atoms with Gasteiger partial charge in [0.1, 0.15) is 11.6 Å². The molecule has 0 saturated heterocycles. The quantitative estimate of drug-likeness (QED) is 0.653. The number of hydrogen-bond acceptors (Lipinski definition) is 3. The Morgan fingerprint density at radius 3 is 2.33 bits per heavy atom. The van der Waals surface area contributed by atoms with Gasteiger partial charge in [0, 0.05) is 11.5 Å². The van der Waals surface area contributed by atoms with Gasteiger partial charge >= 0.3 is 6.18 Å². The average molecular weight is 417 g/mol. The van der Waals surface area contributed by atoms with Gasteiger partial charge in [0.15, 0.2) is 0 Å². The summed E-state index contributed by atoms with van der Waals surface area (Å²) in [6.07, 6.45) is -1.14. The number of halogens is 3. The van der Waals surface area contributed by atoms with Gasteiger partial charge in [-0.05, 0) is 55.7 Å². The van der Waals surface area contributed by atoms with Crippen LogP contribution in [-0.2, 0) is 4.79 Å². The van der Waals surface area contributed by atoms with Crippen LogP contribution in [0.4, 0.5) is 13.2 Å². The Labute approximate surface area is 175 Å². The third kappa shape index (κ3) is 6.00. The van der Waals surface area contributed by atoms with Crippen LogP contribution in [-0.4, -0.2) is 23.7 Å². The van der Waals surface area contributed by atoms with Crippen LogP contribution in [0.5, 0.6) is 0 Å². The van der Waals surface area contributed by atoms with Crippen LogP contribution in [0.25, 0.3) is 0 Å². The third-order valence-electron chi connectivity index (χ3n) is 5.29. The minimum Gasteiger partial charge on any atom is -0.336 e. The second-order valence-corrected chi connectivity index (χ2v) is 8.67. The third-order valence-corrected chi connectivity index (χ3v) is 5.29. The van der Waals surface area contributed by atoms with Crippen molar-refractivity contribution in [2.75, 3.05) is 0 Å². The topological polar surface area (TPSA) is 64.9 Å². The van der Waals surface area contributed by atoms with Crippen LogP contribution in [0.2, 0.25) is 0 Å². The summed E-state index contributed by atoms with van der Waals surface area (Å²) in [5, 5.41) is 14.3. The Morgan fingerprint density at radius 1 is 1.23 bits per heavy atom. The largest absolute Gasteiger partial charge is 0.407 e. The molecule has 1 aromatic rings. The minimum absolute atomic E-state index is 0.000512. The number of rotatable bonds is 7. The van der Waals surface area contributed by atoms with Gasteiger partial charge in [-0.1, -0.05) is 37.8 Å². The molecule has 2 saturated carbocycles. The molecular weight excluding hydrogens is 391 g/mol. The number of amides is 1. The standard InChI is InChI=1S/C23H26F3N3O/c1-15(2)13-19(21(30)29-22(14-27)11-12-22)28-20(23(24,25)26)18-9-7-17(8-10-18)6-5-16-3-4-16/h7-10,15-16,19-20,28H,3-4,11-13H2,1-2H3,(H,29,30)/t19-,20-/m0/s1. The molecule has 0 aromatic heterocycles. The number of nitrogens with zero attached hydrogens (tertiary/aromatic N) is 1. The van der Waals surface area contributed by atoms with Crippen molar-refractivity contribution in [3.05, 3.63) is 35.4 Å². The van der Waals surface area contributed by atoms with E-state index in [2.05, 4.69) is 22.5 Å². The van der Waals surface area contributed by atoms with Crippen molar-refractivity contribution >= 4 is 5.91 Å². The van der Waals surface area contributed by atoms with Gasteiger partial charge in [-0.25, -0.2) is 0 Å². The summed E-state index contributed by atoms with van der Waals surface area (Å²) in [6, 6.07) is 4.97. The van der Waals surface area contributed by atoms with E-state index in [1.54, 1.807) is 12.1 Å². The molecule has 160 valence electrons. The zero-order chi connectivity index (χ0) is 21.9. The number of carbonyl (C=O) groups is 1. The van der Waals surface area contributed by atoms with Gasteiger partial charge in [0.2, 0.25) is 5.91 Å². The first-order chi connectivity index (χ1) is 14.1. The highest BCUT2D eigenvalue weighted by atomic mass is 19.4. The van der Waals surface area contributed by atoms with Crippen LogP contribution in [0.1, 0.15) is 63.1 Å². The van der Waals surface area contributed by atoms with E-state index in [0.29, 0.717) is 24.3 Å². The maximum atomic E-state index is 13.9. The summed E-state index contributed by atoms with van der Waals surface area (Å²) in [7, 11) is 0. The fourth-order valence-corrected chi connectivity index (χ4v) is 3.19. The summed E-state index contributed by atoms with van der Waals surface area (Å²) in [5.74, 6) is 5.92. The highest BCUT2D eigenvalue weighted by Crippen LogP contribution is 2.36. The smallest absolute Gasteiger partial charge is 0.336 e. The van der Waals surface area contributed by atoms with Gasteiger partial charge < -0.3 is 5.32 Å². The van der Waals surface area contributed by atoms with Crippen LogP contribution in [0.15, 0.2) is 24.3 Å². The van der Waals surface area contributed by atoms with Crippen molar-refractivity contribution < 1.29 is 18.0 Å². The van der Waals surface area contributed by atoms with Gasteiger partial charge in [0.25, 0.3) is 0 Å². The molecule has 4 nitrogen and oxygen atoms in total. The number of nitrogens with one attached hydrogen (secondary N) is 2. The number of nitriles is 1. The molecule has 0 spiro atoms. The minimum atomic E-state index is -4.58. The van der Waals surface area contributed by atoms with Crippen LogP contribution in [0.3, 0.4) is 0 Å². The Balaban J connectivity index is 1.78. The first-order valence-corrected chi connectivity index (χ1v) is 10.3. The zero-order valence-electron chi connectivity index (χ0n) is 17.1. The summed E-state index contributed by atoms with van der Waals surface area (Å²) < 4.78 is 41.6. The molecule has 7 heteroatoms. The monoisotopic (exact) mass is 417 g/mol. The van der Waals surface area contributed by atoms with Gasteiger partial charge in [-0.2, -0.15) is 18.4 Å². The normalized spacial score (nSPS) is 19.2. The number of benzene rings is 1. The first-order valence-electron chi connectivity index (χ1n) is 10.3. The van der Waals surface area contributed by atoms with Crippen molar-refractivity contribution in [2.24, 2.45) is 11.8 Å². The molecule has 1 aromatic carbocycles. The number of alkyl halides is 3. The summed E-state index contributed by atoms with van der Waals surface area (Å²) in [6.45, 7) is 3.68. The molecule has 0 bridgehead atoms. The molecule has 1 amide bonds. The highest BCUT2D eigenvalue weighted by molar-refractivity contribution is 5.83. The molecule has 2 fully saturated rings. The second-order valence-electron chi connectivity index (χ2n) is 8.67. The Hall–Kier alpha value is -2.51. The van der Waals surface area contributed by atoms with Crippen molar-refractivity contribution in [3.63, 3.8) is 0 Å². The lowest BCUT2D eigenvalue weighted by Crippen LogP contribution is -2.52. The maximum absolute atomic E-state index is 13.9. The summed E-state index contributed by atoms with van der Waals surface area (Å²) in [5.41, 5.74) is -0.223. The lowest BCUT2D eigenvalue weighted by Gasteiger charge is -2.29. The second kappa shape index (κ2) is 8.70. The first kappa shape index (κ1) is 22.2. The predicted molar refractivity (Wildman–Crippen MR) is 107 cm³/mol. The molecule has 0 heterocycles. The van der Waals surface area contributed by atoms with Gasteiger partial charge in [-0.15, -0.1) is 0 Å². The number of hydrogen-bond donors (Lipinski definition) is 2. The molecule has 2 atom stereocenters. The van der Waals surface area contributed by atoms with E-state index >= 15 is 0 Å². The van der Waals surface area contributed by atoms with E-state index in [9.17, 15) is 23.2 Å². The van der Waals surface area contributed by atoms with Crippen LogP contribution < -0.4 is 10.6 Å². The van der Waals surface area contributed by atoms with E-state index in [-0.39, 0.29) is 17.9 Å². The molecule has 2 aliphatic carbocycles. The number of carbonyl (C=O) groups excluding carboxylic acids is 1. The van der Waals surface area contributed by atoms with Gasteiger partial charge in [0.05, 0.1) is 12.1 Å². The lowest BCUT2D eigenvalue weighted by atomic mass is 9.98. The Bertz CT molecular complexity index is 866. The highest BCUT2D eigenvalue weighted by Gasteiger charge is 2.47. The molecule has 3 rings (SSSR count). The van der Waals surface area contributed by atoms with Crippen molar-refractivity contribution in [1.82, 2.24) is 10.6 Å². The molecule has 2 N–H and O–H groups in total. The van der Waals surface area contributed by atoms with E-state index in [1.165, 1.54) is 12.1 Å². The van der Waals surface area contributed by atoms with E-state index in [0.717, 1.165) is 12.8 Å². The Kier molecular flexibility index (Phi) is 6.43. The average Bonchev–Trinajstić information content (AvgIpc) is 3.59. The fraction of sp³-hybridized carbons (Fsp3) is 0.565. The van der Waals surface area contributed by atoms with Crippen molar-refractivity contribution in [3.8, 4) is 17.9 Å². The summed E-state index contributed by atoms with van der Waals surface area (Å²) >= 11 is 0. The van der Waals surface area contributed by atoms with Crippen molar-refractivity contribution in [2.45, 2.75) is 69.8 Å². The molecular formula is C23H26F3N3O. The summed E-state index contributed by atoms with van der Waals surface area (Å²) in [4.78, 5) is 12.7. The van der Waals surface area contributed by atoms with E-state index in [1.807, 2.05) is 19.9 Å². The van der Waals surface area contributed by atoms with Crippen LogP contribution in [0, 0.1) is 35.0 Å². The molecule has 2 aliphatic rings. The molecule has 0 radical (unpaired) electrons. The predicted octanol–water partition coefficient (Wildman–Crippen LogP) is 4.23. The van der Waals surface area contributed by atoms with E-state index < -0.39 is 29.7 Å². The van der Waals surface area contributed by atoms with Crippen LogP contribution >= 0.6 is 0 Å². The SMILES string of the molecule is CC(C)C[C@H](N[C@@H](c1ccc(C#CC2CC2)cc1)C(F)(F)F)C(=O)NC1(C#N)CC1. The van der Waals surface area contributed by atoms with Crippen molar-refractivity contribution in [1.29, 1.82) is 5.26 Å². The Morgan fingerprint density at radius 2 is 1.87 bits per heavy atom. The fourth-order valence-electron chi connectivity index (χ4n) is 3.19. The van der Waals surface area contributed by atoms with E-state index in [4.69, 9.17) is 0 Å². The molecule has 30 heavy (non-hydrogen) atoms.